The van der Waals surface area contributed by atoms with Gasteiger partial charge in [-0.25, -0.2) is 0 Å². The molecule has 1 unspecified atom stereocenters. The lowest BCUT2D eigenvalue weighted by molar-refractivity contribution is -0.143. The van der Waals surface area contributed by atoms with Crippen molar-refractivity contribution in [3.8, 4) is 0 Å². The largest absolute Gasteiger partial charge is 0.481 e. The second kappa shape index (κ2) is 5.69. The molecule has 3 N–H and O–H groups in total. The first-order valence-corrected chi connectivity index (χ1v) is 6.86. The molecule has 1 heterocycles. The van der Waals surface area contributed by atoms with Crippen LogP contribution in [0.2, 0.25) is 0 Å². The Balaban J connectivity index is 1.62. The Hall–Kier alpha value is -1.10. The Morgan fingerprint density at radius 3 is 2.67 bits per heavy atom. The molecule has 1 amide bonds. The van der Waals surface area contributed by atoms with Gasteiger partial charge in [-0.1, -0.05) is 6.42 Å². The van der Waals surface area contributed by atoms with E-state index in [9.17, 15) is 9.59 Å². The highest BCUT2D eigenvalue weighted by atomic mass is 16.4. The summed E-state index contributed by atoms with van der Waals surface area (Å²) in [5, 5.41) is 15.2. The molecule has 2 rings (SSSR count). The van der Waals surface area contributed by atoms with Gasteiger partial charge in [-0.3, -0.25) is 9.59 Å². The van der Waals surface area contributed by atoms with Crippen molar-refractivity contribution in [2.75, 3.05) is 13.1 Å². The monoisotopic (exact) mass is 254 g/mol. The molecule has 5 nitrogen and oxygen atoms in total. The lowest BCUT2D eigenvalue weighted by Crippen LogP contribution is -2.37. The fourth-order valence-electron chi connectivity index (χ4n) is 2.45. The molecule has 1 atom stereocenters. The number of carbonyl (C=O) groups excluding carboxylic acids is 1. The van der Waals surface area contributed by atoms with Crippen LogP contribution in [0.15, 0.2) is 0 Å². The number of carbonyl (C=O) groups is 2. The fourth-order valence-corrected chi connectivity index (χ4v) is 2.45. The van der Waals surface area contributed by atoms with Crippen LogP contribution in [0.25, 0.3) is 0 Å². The first-order valence-electron chi connectivity index (χ1n) is 6.86. The van der Waals surface area contributed by atoms with Crippen LogP contribution < -0.4 is 10.6 Å². The molecule has 0 aromatic heterocycles. The SMILES string of the molecule is O=C(CCC1CCCCN1)NCC1(C(=O)O)CC1. The van der Waals surface area contributed by atoms with Gasteiger partial charge in [0.2, 0.25) is 5.91 Å². The van der Waals surface area contributed by atoms with E-state index in [2.05, 4.69) is 10.6 Å². The maximum absolute atomic E-state index is 11.7. The minimum atomic E-state index is -0.781. The lowest BCUT2D eigenvalue weighted by atomic mass is 10.0. The highest BCUT2D eigenvalue weighted by Crippen LogP contribution is 2.45. The van der Waals surface area contributed by atoms with E-state index in [-0.39, 0.29) is 5.91 Å². The zero-order valence-electron chi connectivity index (χ0n) is 10.7. The molecule has 5 heteroatoms. The standard InChI is InChI=1S/C13H22N2O3/c16-11(5-4-10-3-1-2-8-14-10)15-9-13(6-7-13)12(17)18/h10,14H,1-9H2,(H,15,16)(H,17,18). The molecule has 1 aliphatic heterocycles. The van der Waals surface area contributed by atoms with Crippen molar-refractivity contribution in [3.63, 3.8) is 0 Å². The van der Waals surface area contributed by atoms with Crippen molar-refractivity contribution in [2.45, 2.75) is 51.0 Å². The molecular weight excluding hydrogens is 232 g/mol. The normalized spacial score (nSPS) is 25.4. The van der Waals surface area contributed by atoms with Crippen molar-refractivity contribution in [1.29, 1.82) is 0 Å². The summed E-state index contributed by atoms with van der Waals surface area (Å²) in [4.78, 5) is 22.6. The average molecular weight is 254 g/mol. The van der Waals surface area contributed by atoms with Gasteiger partial charge in [-0.15, -0.1) is 0 Å². The van der Waals surface area contributed by atoms with Crippen molar-refractivity contribution in [2.24, 2.45) is 5.41 Å². The van der Waals surface area contributed by atoms with Gasteiger partial charge in [-0.05, 0) is 38.6 Å². The van der Waals surface area contributed by atoms with Crippen molar-refractivity contribution in [3.05, 3.63) is 0 Å². The molecule has 102 valence electrons. The summed E-state index contributed by atoms with van der Waals surface area (Å²) in [7, 11) is 0. The highest BCUT2D eigenvalue weighted by Gasteiger charge is 2.50. The molecule has 0 bridgehead atoms. The van der Waals surface area contributed by atoms with E-state index in [0.29, 0.717) is 31.8 Å². The van der Waals surface area contributed by atoms with Crippen LogP contribution in [0, 0.1) is 5.41 Å². The second-order valence-corrected chi connectivity index (χ2v) is 5.55. The topological polar surface area (TPSA) is 78.4 Å². The van der Waals surface area contributed by atoms with E-state index in [1.165, 1.54) is 12.8 Å². The van der Waals surface area contributed by atoms with E-state index in [1.54, 1.807) is 0 Å². The molecule has 2 fully saturated rings. The lowest BCUT2D eigenvalue weighted by Gasteiger charge is -2.23. The molecule has 2 aliphatic rings. The van der Waals surface area contributed by atoms with Gasteiger partial charge in [0.25, 0.3) is 0 Å². The maximum atomic E-state index is 11.7. The summed E-state index contributed by atoms with van der Waals surface area (Å²) in [5.74, 6) is -0.799. The summed E-state index contributed by atoms with van der Waals surface area (Å²) in [6, 6.07) is 0.457. The summed E-state index contributed by atoms with van der Waals surface area (Å²) < 4.78 is 0. The van der Waals surface area contributed by atoms with Crippen molar-refractivity contribution >= 4 is 11.9 Å². The third-order valence-electron chi connectivity index (χ3n) is 4.06. The number of carboxylic acid groups (broad SMARTS) is 1. The fraction of sp³-hybridized carbons (Fsp3) is 0.846. The Kier molecular flexibility index (Phi) is 4.22. The Bertz CT molecular complexity index is 320. The third kappa shape index (κ3) is 3.45. The zero-order chi connectivity index (χ0) is 13.0. The van der Waals surface area contributed by atoms with Gasteiger partial charge in [0, 0.05) is 19.0 Å². The first-order chi connectivity index (χ1) is 8.62. The molecular formula is C13H22N2O3. The van der Waals surface area contributed by atoms with E-state index < -0.39 is 11.4 Å². The number of carboxylic acids is 1. The molecule has 0 radical (unpaired) electrons. The van der Waals surface area contributed by atoms with Crippen LogP contribution in [0.1, 0.15) is 44.9 Å². The number of hydrogen-bond acceptors (Lipinski definition) is 3. The Labute approximate surface area is 107 Å². The number of rotatable bonds is 6. The minimum Gasteiger partial charge on any atom is -0.481 e. The van der Waals surface area contributed by atoms with Crippen LogP contribution in [0.5, 0.6) is 0 Å². The number of hydrogen-bond donors (Lipinski definition) is 3. The van der Waals surface area contributed by atoms with Crippen LogP contribution in [-0.4, -0.2) is 36.1 Å². The summed E-state index contributed by atoms with van der Waals surface area (Å²) in [5.41, 5.74) is -0.654. The van der Waals surface area contributed by atoms with E-state index >= 15 is 0 Å². The molecule has 0 aromatic carbocycles. The summed E-state index contributed by atoms with van der Waals surface area (Å²) >= 11 is 0. The minimum absolute atomic E-state index is 0.0186. The first kappa shape index (κ1) is 13.3. The molecule has 1 saturated carbocycles. The van der Waals surface area contributed by atoms with Gasteiger partial charge >= 0.3 is 5.97 Å². The predicted octanol–water partition coefficient (Wildman–Crippen LogP) is 0.890. The van der Waals surface area contributed by atoms with Crippen LogP contribution in [-0.2, 0) is 9.59 Å². The van der Waals surface area contributed by atoms with E-state index in [0.717, 1.165) is 19.4 Å². The van der Waals surface area contributed by atoms with Crippen LogP contribution >= 0.6 is 0 Å². The van der Waals surface area contributed by atoms with Gasteiger partial charge in [0.15, 0.2) is 0 Å². The molecule has 1 aliphatic carbocycles. The van der Waals surface area contributed by atoms with Crippen LogP contribution in [0.4, 0.5) is 0 Å². The highest BCUT2D eigenvalue weighted by molar-refractivity contribution is 5.80. The average Bonchev–Trinajstić information content (AvgIpc) is 3.16. The maximum Gasteiger partial charge on any atom is 0.311 e. The number of amides is 1. The molecule has 0 aromatic rings. The van der Waals surface area contributed by atoms with Gasteiger partial charge < -0.3 is 15.7 Å². The second-order valence-electron chi connectivity index (χ2n) is 5.55. The van der Waals surface area contributed by atoms with Gasteiger partial charge in [-0.2, -0.15) is 0 Å². The predicted molar refractivity (Wildman–Crippen MR) is 67.2 cm³/mol. The number of piperidine rings is 1. The van der Waals surface area contributed by atoms with Gasteiger partial charge in [0.1, 0.15) is 0 Å². The molecule has 18 heavy (non-hydrogen) atoms. The quantitative estimate of drug-likeness (QED) is 0.658. The summed E-state index contributed by atoms with van der Waals surface area (Å²) in [6.45, 7) is 1.34. The molecule has 1 saturated heterocycles. The molecule has 0 spiro atoms. The Morgan fingerprint density at radius 1 is 1.33 bits per heavy atom. The number of nitrogens with one attached hydrogen (secondary N) is 2. The summed E-state index contributed by atoms with van der Waals surface area (Å²) in [6.07, 6.45) is 6.33. The van der Waals surface area contributed by atoms with Crippen molar-refractivity contribution in [1.82, 2.24) is 10.6 Å². The van der Waals surface area contributed by atoms with Crippen LogP contribution in [0.3, 0.4) is 0 Å². The zero-order valence-corrected chi connectivity index (χ0v) is 10.7. The van der Waals surface area contributed by atoms with Crippen molar-refractivity contribution < 1.29 is 14.7 Å². The Morgan fingerprint density at radius 2 is 2.11 bits per heavy atom. The van der Waals surface area contributed by atoms with Gasteiger partial charge in [0.05, 0.1) is 5.41 Å². The van der Waals surface area contributed by atoms with E-state index in [1.807, 2.05) is 0 Å². The smallest absolute Gasteiger partial charge is 0.311 e. The number of aliphatic carboxylic acids is 1. The van der Waals surface area contributed by atoms with E-state index in [4.69, 9.17) is 5.11 Å². The third-order valence-corrected chi connectivity index (χ3v) is 4.06.